The number of carbonyl (C=O) groups is 2. The Balaban J connectivity index is 1.37. The first-order valence-electron chi connectivity index (χ1n) is 10.5. The lowest BCUT2D eigenvalue weighted by Gasteiger charge is -2.34. The van der Waals surface area contributed by atoms with Gasteiger partial charge in [0.1, 0.15) is 18.4 Å². The van der Waals surface area contributed by atoms with Crippen molar-refractivity contribution >= 4 is 17.5 Å². The lowest BCUT2D eigenvalue weighted by molar-refractivity contribution is -0.120. The van der Waals surface area contributed by atoms with Crippen LogP contribution in [0.2, 0.25) is 0 Å². The number of carbonyl (C=O) groups excluding carboxylic acids is 2. The van der Waals surface area contributed by atoms with Crippen molar-refractivity contribution in [2.45, 2.75) is 31.6 Å². The number of likely N-dealkylation sites (N-methyl/N-ethyl adjacent to an activating group) is 1. The number of para-hydroxylation sites is 2. The highest BCUT2D eigenvalue weighted by Crippen LogP contribution is 2.36. The van der Waals surface area contributed by atoms with Crippen LogP contribution in [0.3, 0.4) is 0 Å². The molecule has 0 spiro atoms. The average Bonchev–Trinajstić information content (AvgIpc) is 3.19. The fraction of sp³-hybridized carbons (Fsp3) is 0.292. The van der Waals surface area contributed by atoms with Crippen LogP contribution in [-0.4, -0.2) is 41.7 Å². The average molecular weight is 432 g/mol. The quantitative estimate of drug-likeness (QED) is 0.663. The predicted octanol–water partition coefficient (Wildman–Crippen LogP) is 2.55. The molecule has 3 aromatic rings. The Morgan fingerprint density at radius 2 is 1.94 bits per heavy atom. The SMILES string of the molecule is CN1C(=O)[C@@H](NC(=O)c2n[nH]c3c2CC(C)(c2ccccc2)OC3)COc2ccccc21. The van der Waals surface area contributed by atoms with E-state index in [0.717, 1.165) is 16.8 Å². The van der Waals surface area contributed by atoms with E-state index in [-0.39, 0.29) is 18.2 Å². The van der Waals surface area contributed by atoms with E-state index >= 15 is 0 Å². The third-order valence-corrected chi connectivity index (χ3v) is 6.17. The molecular weight excluding hydrogens is 408 g/mol. The number of aromatic amines is 1. The van der Waals surface area contributed by atoms with Crippen LogP contribution in [0.5, 0.6) is 5.75 Å². The van der Waals surface area contributed by atoms with Crippen molar-refractivity contribution in [3.05, 3.63) is 77.1 Å². The maximum atomic E-state index is 13.2. The van der Waals surface area contributed by atoms with Crippen LogP contribution >= 0.6 is 0 Å². The number of rotatable bonds is 3. The number of nitrogens with one attached hydrogen (secondary N) is 2. The van der Waals surface area contributed by atoms with Crippen molar-refractivity contribution in [2.24, 2.45) is 0 Å². The van der Waals surface area contributed by atoms with Gasteiger partial charge in [0.2, 0.25) is 0 Å². The molecule has 0 radical (unpaired) electrons. The number of benzene rings is 2. The van der Waals surface area contributed by atoms with E-state index in [4.69, 9.17) is 9.47 Å². The van der Waals surface area contributed by atoms with E-state index in [2.05, 4.69) is 15.5 Å². The highest BCUT2D eigenvalue weighted by atomic mass is 16.5. The Morgan fingerprint density at radius 3 is 2.75 bits per heavy atom. The number of anilines is 1. The first kappa shape index (κ1) is 20.3. The molecule has 2 N–H and O–H groups in total. The van der Waals surface area contributed by atoms with Gasteiger partial charge in [0, 0.05) is 19.0 Å². The number of amides is 2. The fourth-order valence-corrected chi connectivity index (χ4v) is 4.28. The summed E-state index contributed by atoms with van der Waals surface area (Å²) in [5, 5.41) is 9.98. The minimum absolute atomic E-state index is 0.0450. The summed E-state index contributed by atoms with van der Waals surface area (Å²) in [6.07, 6.45) is 0.492. The van der Waals surface area contributed by atoms with Crippen molar-refractivity contribution in [1.29, 1.82) is 0 Å². The third-order valence-electron chi connectivity index (χ3n) is 6.17. The number of hydrogen-bond donors (Lipinski definition) is 2. The predicted molar refractivity (Wildman–Crippen MR) is 117 cm³/mol. The normalized spacial score (nSPS) is 22.4. The summed E-state index contributed by atoms with van der Waals surface area (Å²) in [7, 11) is 1.67. The zero-order valence-electron chi connectivity index (χ0n) is 17.9. The zero-order valence-corrected chi connectivity index (χ0v) is 17.9. The largest absolute Gasteiger partial charge is 0.489 e. The number of hydrogen-bond acceptors (Lipinski definition) is 5. The monoisotopic (exact) mass is 432 g/mol. The smallest absolute Gasteiger partial charge is 0.272 e. The van der Waals surface area contributed by atoms with E-state index in [1.807, 2.05) is 55.5 Å². The number of fused-ring (bicyclic) bond motifs is 2. The molecule has 1 unspecified atom stereocenters. The molecule has 2 aliphatic rings. The molecule has 8 heteroatoms. The molecule has 0 saturated carbocycles. The van der Waals surface area contributed by atoms with Crippen molar-refractivity contribution in [3.63, 3.8) is 0 Å². The van der Waals surface area contributed by atoms with Gasteiger partial charge in [-0.25, -0.2) is 0 Å². The Morgan fingerprint density at radius 1 is 1.19 bits per heavy atom. The topological polar surface area (TPSA) is 96.6 Å². The molecular formula is C24H24N4O4. The number of H-pyrrole nitrogens is 1. The second kappa shape index (κ2) is 7.80. The maximum Gasteiger partial charge on any atom is 0.272 e. The molecule has 2 aliphatic heterocycles. The van der Waals surface area contributed by atoms with Gasteiger partial charge in [-0.15, -0.1) is 0 Å². The van der Waals surface area contributed by atoms with E-state index in [1.165, 1.54) is 4.90 Å². The van der Waals surface area contributed by atoms with Crippen molar-refractivity contribution < 1.29 is 19.1 Å². The summed E-state index contributed by atoms with van der Waals surface area (Å²) in [6, 6.07) is 16.4. The van der Waals surface area contributed by atoms with Gasteiger partial charge in [-0.1, -0.05) is 42.5 Å². The van der Waals surface area contributed by atoms with E-state index < -0.39 is 17.6 Å². The van der Waals surface area contributed by atoms with Crippen molar-refractivity contribution in [2.75, 3.05) is 18.6 Å². The summed E-state index contributed by atoms with van der Waals surface area (Å²) < 4.78 is 11.9. The minimum Gasteiger partial charge on any atom is -0.489 e. The molecule has 0 fully saturated rings. The second-order valence-electron chi connectivity index (χ2n) is 8.29. The third kappa shape index (κ3) is 3.42. The lowest BCUT2D eigenvalue weighted by atomic mass is 9.86. The molecule has 2 amide bonds. The van der Waals surface area contributed by atoms with Gasteiger partial charge in [-0.3, -0.25) is 14.7 Å². The highest BCUT2D eigenvalue weighted by molar-refractivity contribution is 6.03. The summed E-state index contributed by atoms with van der Waals surface area (Å²) in [5.74, 6) is -0.0562. The highest BCUT2D eigenvalue weighted by Gasteiger charge is 2.38. The van der Waals surface area contributed by atoms with Crippen LogP contribution in [0.4, 0.5) is 5.69 Å². The summed E-state index contributed by atoms with van der Waals surface area (Å²) >= 11 is 0. The summed E-state index contributed by atoms with van der Waals surface area (Å²) in [6.45, 7) is 2.38. The van der Waals surface area contributed by atoms with Gasteiger partial charge in [-0.2, -0.15) is 5.10 Å². The van der Waals surface area contributed by atoms with E-state index in [0.29, 0.717) is 24.5 Å². The van der Waals surface area contributed by atoms with Gasteiger partial charge in [0.25, 0.3) is 11.8 Å². The number of nitrogens with zero attached hydrogens (tertiary/aromatic N) is 2. The first-order chi connectivity index (χ1) is 15.5. The van der Waals surface area contributed by atoms with Gasteiger partial charge >= 0.3 is 0 Å². The molecule has 2 aromatic carbocycles. The van der Waals surface area contributed by atoms with Crippen molar-refractivity contribution in [1.82, 2.24) is 15.5 Å². The lowest BCUT2D eigenvalue weighted by Crippen LogP contribution is -2.49. The number of aromatic nitrogens is 2. The molecule has 0 aliphatic carbocycles. The minimum atomic E-state index is -0.826. The first-order valence-corrected chi connectivity index (χ1v) is 10.5. The van der Waals surface area contributed by atoms with Crippen LogP contribution in [0.25, 0.3) is 0 Å². The van der Waals surface area contributed by atoms with Crippen LogP contribution in [0.15, 0.2) is 54.6 Å². The van der Waals surface area contributed by atoms with Gasteiger partial charge in [0.15, 0.2) is 5.69 Å². The molecule has 32 heavy (non-hydrogen) atoms. The summed E-state index contributed by atoms with van der Waals surface area (Å²) in [5.41, 5.74) is 2.99. The van der Waals surface area contributed by atoms with Crippen LogP contribution in [0.1, 0.15) is 34.2 Å². The molecule has 3 heterocycles. The Kier molecular flexibility index (Phi) is 4.94. The molecule has 5 rings (SSSR count). The van der Waals surface area contributed by atoms with E-state index in [9.17, 15) is 9.59 Å². The molecule has 2 atom stereocenters. The maximum absolute atomic E-state index is 13.2. The van der Waals surface area contributed by atoms with Gasteiger partial charge in [-0.05, 0) is 24.6 Å². The Hall–Kier alpha value is -3.65. The van der Waals surface area contributed by atoms with Gasteiger partial charge in [0.05, 0.1) is 23.6 Å². The molecule has 8 nitrogen and oxygen atoms in total. The molecule has 1 aromatic heterocycles. The van der Waals surface area contributed by atoms with Crippen LogP contribution < -0.4 is 15.0 Å². The fourth-order valence-electron chi connectivity index (χ4n) is 4.28. The number of ether oxygens (including phenoxy) is 2. The van der Waals surface area contributed by atoms with Crippen molar-refractivity contribution in [3.8, 4) is 5.75 Å². The zero-order chi connectivity index (χ0) is 22.3. The molecule has 0 bridgehead atoms. The molecule has 0 saturated heterocycles. The van der Waals surface area contributed by atoms with Crippen LogP contribution in [0, 0.1) is 0 Å². The van der Waals surface area contributed by atoms with E-state index in [1.54, 1.807) is 13.1 Å². The molecule has 164 valence electrons. The van der Waals surface area contributed by atoms with Gasteiger partial charge < -0.3 is 19.7 Å². The summed E-state index contributed by atoms with van der Waals surface area (Å²) in [4.78, 5) is 27.7. The Labute approximate surface area is 185 Å². The van der Waals surface area contributed by atoms with Crippen LogP contribution in [-0.2, 0) is 28.2 Å². The second-order valence-corrected chi connectivity index (χ2v) is 8.29. The standard InChI is InChI=1S/C24H24N4O4/c1-24(15-8-4-3-5-9-15)12-16-17(14-32-24)26-27-21(16)22(29)25-18-13-31-20-11-7-6-10-19(20)28(2)23(18)30/h3-11,18H,12-14H2,1-2H3,(H,25,29)(H,26,27)/t18-,24?/m0/s1. The Bertz CT molecular complexity index is 1180.